The van der Waals surface area contributed by atoms with E-state index in [4.69, 9.17) is 0 Å². The van der Waals surface area contributed by atoms with E-state index in [0.29, 0.717) is 37.6 Å². The standard InChI is InChI=1S/C16H29NO2/c1-6-13-11-17(8-7-14(13)18)15(19)9-12(2)10-16(3,4)5/h12-13H,6-11H2,1-5H3. The minimum Gasteiger partial charge on any atom is -0.342 e. The lowest BCUT2D eigenvalue weighted by Gasteiger charge is -2.32. The molecule has 1 heterocycles. The van der Waals surface area contributed by atoms with Crippen LogP contribution in [0.5, 0.6) is 0 Å². The lowest BCUT2D eigenvalue weighted by Crippen LogP contribution is -2.44. The van der Waals surface area contributed by atoms with Crippen LogP contribution in [0.3, 0.4) is 0 Å². The second-order valence-electron chi connectivity index (χ2n) is 7.24. The van der Waals surface area contributed by atoms with Crippen LogP contribution in [0.15, 0.2) is 0 Å². The van der Waals surface area contributed by atoms with Gasteiger partial charge in [0, 0.05) is 31.8 Å². The van der Waals surface area contributed by atoms with Crippen molar-refractivity contribution >= 4 is 11.7 Å². The number of likely N-dealkylation sites (tertiary alicyclic amines) is 1. The zero-order valence-corrected chi connectivity index (χ0v) is 13.2. The number of Topliss-reactive ketones (excluding diaryl/α,β-unsaturated/α-hetero) is 1. The SMILES string of the molecule is CCC1CN(C(=O)CC(C)CC(C)(C)C)CCC1=O. The largest absolute Gasteiger partial charge is 0.342 e. The molecule has 1 aliphatic rings. The van der Waals surface area contributed by atoms with Crippen LogP contribution in [-0.4, -0.2) is 29.7 Å². The van der Waals surface area contributed by atoms with E-state index in [2.05, 4.69) is 27.7 Å². The van der Waals surface area contributed by atoms with Gasteiger partial charge in [0.2, 0.25) is 5.91 Å². The van der Waals surface area contributed by atoms with Gasteiger partial charge >= 0.3 is 0 Å². The van der Waals surface area contributed by atoms with Gasteiger partial charge < -0.3 is 4.90 Å². The zero-order valence-electron chi connectivity index (χ0n) is 13.2. The van der Waals surface area contributed by atoms with E-state index < -0.39 is 0 Å². The van der Waals surface area contributed by atoms with Crippen molar-refractivity contribution in [2.45, 2.75) is 60.3 Å². The molecule has 0 saturated carbocycles. The van der Waals surface area contributed by atoms with Crippen molar-refractivity contribution in [3.8, 4) is 0 Å². The molecule has 3 nitrogen and oxygen atoms in total. The Morgan fingerprint density at radius 1 is 1.42 bits per heavy atom. The summed E-state index contributed by atoms with van der Waals surface area (Å²) < 4.78 is 0. The molecular weight excluding hydrogens is 238 g/mol. The number of piperidine rings is 1. The van der Waals surface area contributed by atoms with Gasteiger partial charge in [-0.15, -0.1) is 0 Å². The molecule has 1 amide bonds. The quantitative estimate of drug-likeness (QED) is 0.784. The number of carbonyl (C=O) groups is 2. The van der Waals surface area contributed by atoms with E-state index in [0.717, 1.165) is 12.8 Å². The molecule has 0 aromatic carbocycles. The Hall–Kier alpha value is -0.860. The van der Waals surface area contributed by atoms with Gasteiger partial charge in [-0.2, -0.15) is 0 Å². The summed E-state index contributed by atoms with van der Waals surface area (Å²) in [6.07, 6.45) is 3.06. The van der Waals surface area contributed by atoms with Crippen LogP contribution in [0.2, 0.25) is 0 Å². The van der Waals surface area contributed by atoms with E-state index in [1.807, 2.05) is 11.8 Å². The van der Waals surface area contributed by atoms with Crippen molar-refractivity contribution in [1.82, 2.24) is 4.90 Å². The molecule has 19 heavy (non-hydrogen) atoms. The van der Waals surface area contributed by atoms with Crippen LogP contribution in [0.25, 0.3) is 0 Å². The second-order valence-corrected chi connectivity index (χ2v) is 7.24. The van der Waals surface area contributed by atoms with Crippen molar-refractivity contribution in [3.63, 3.8) is 0 Å². The first-order chi connectivity index (χ1) is 8.73. The number of ketones is 1. The third-order valence-electron chi connectivity index (χ3n) is 3.85. The van der Waals surface area contributed by atoms with E-state index in [1.54, 1.807) is 0 Å². The van der Waals surface area contributed by atoms with Crippen molar-refractivity contribution in [3.05, 3.63) is 0 Å². The molecule has 2 unspecified atom stereocenters. The highest BCUT2D eigenvalue weighted by atomic mass is 16.2. The van der Waals surface area contributed by atoms with Crippen molar-refractivity contribution in [2.24, 2.45) is 17.3 Å². The fourth-order valence-corrected chi connectivity index (χ4v) is 3.04. The first-order valence-electron chi connectivity index (χ1n) is 7.53. The van der Waals surface area contributed by atoms with Gasteiger partial charge in [-0.05, 0) is 24.2 Å². The number of hydrogen-bond donors (Lipinski definition) is 0. The maximum absolute atomic E-state index is 12.3. The molecule has 0 aliphatic carbocycles. The Bertz CT molecular complexity index is 330. The van der Waals surface area contributed by atoms with Gasteiger partial charge in [0.1, 0.15) is 5.78 Å². The molecule has 0 bridgehead atoms. The van der Waals surface area contributed by atoms with Gasteiger partial charge in [-0.25, -0.2) is 0 Å². The van der Waals surface area contributed by atoms with Crippen LogP contribution < -0.4 is 0 Å². The van der Waals surface area contributed by atoms with Crippen molar-refractivity contribution < 1.29 is 9.59 Å². The number of rotatable bonds is 4. The summed E-state index contributed by atoms with van der Waals surface area (Å²) in [7, 11) is 0. The summed E-state index contributed by atoms with van der Waals surface area (Å²) in [5.41, 5.74) is 0.267. The van der Waals surface area contributed by atoms with Gasteiger partial charge in [-0.3, -0.25) is 9.59 Å². The number of nitrogens with zero attached hydrogens (tertiary/aromatic N) is 1. The van der Waals surface area contributed by atoms with Gasteiger partial charge in [0.05, 0.1) is 0 Å². The monoisotopic (exact) mass is 267 g/mol. The average molecular weight is 267 g/mol. The molecule has 110 valence electrons. The lowest BCUT2D eigenvalue weighted by molar-refractivity contribution is -0.138. The van der Waals surface area contributed by atoms with Crippen molar-refractivity contribution in [1.29, 1.82) is 0 Å². The first-order valence-corrected chi connectivity index (χ1v) is 7.53. The molecular formula is C16H29NO2. The summed E-state index contributed by atoms with van der Waals surface area (Å²) in [6, 6.07) is 0. The molecule has 0 aromatic rings. The van der Waals surface area contributed by atoms with E-state index in [9.17, 15) is 9.59 Å². The lowest BCUT2D eigenvalue weighted by atomic mass is 9.84. The van der Waals surface area contributed by atoms with Gasteiger partial charge in [-0.1, -0.05) is 34.6 Å². The Balaban J connectivity index is 2.47. The molecule has 1 fully saturated rings. The van der Waals surface area contributed by atoms with Gasteiger partial charge in [0.15, 0.2) is 0 Å². The molecule has 1 aliphatic heterocycles. The predicted octanol–water partition coefficient (Wildman–Crippen LogP) is 3.28. The Morgan fingerprint density at radius 2 is 2.05 bits per heavy atom. The second kappa shape index (κ2) is 6.53. The summed E-state index contributed by atoms with van der Waals surface area (Å²) in [5.74, 6) is 1.03. The van der Waals surface area contributed by atoms with Crippen LogP contribution in [-0.2, 0) is 9.59 Å². The third kappa shape index (κ3) is 5.33. The minimum atomic E-state index is 0.0654. The molecule has 1 rings (SSSR count). The summed E-state index contributed by atoms with van der Waals surface area (Å²) in [4.78, 5) is 25.8. The number of carbonyl (C=O) groups excluding carboxylic acids is 2. The highest BCUT2D eigenvalue weighted by Crippen LogP contribution is 2.27. The summed E-state index contributed by atoms with van der Waals surface area (Å²) in [6.45, 7) is 12.1. The molecule has 3 heteroatoms. The molecule has 2 atom stereocenters. The predicted molar refractivity (Wildman–Crippen MR) is 77.8 cm³/mol. The highest BCUT2D eigenvalue weighted by Gasteiger charge is 2.29. The minimum absolute atomic E-state index is 0.0654. The Labute approximate surface area is 117 Å². The molecule has 0 aromatic heterocycles. The van der Waals surface area contributed by atoms with Crippen LogP contribution in [0, 0.1) is 17.3 Å². The fourth-order valence-electron chi connectivity index (χ4n) is 3.04. The van der Waals surface area contributed by atoms with Crippen LogP contribution >= 0.6 is 0 Å². The molecule has 1 saturated heterocycles. The van der Waals surface area contributed by atoms with Crippen molar-refractivity contribution in [2.75, 3.05) is 13.1 Å². The average Bonchev–Trinajstić information content (AvgIpc) is 2.26. The topological polar surface area (TPSA) is 37.4 Å². The molecule has 0 N–H and O–H groups in total. The maximum atomic E-state index is 12.3. The Morgan fingerprint density at radius 3 is 2.58 bits per heavy atom. The number of hydrogen-bond acceptors (Lipinski definition) is 2. The van der Waals surface area contributed by atoms with Gasteiger partial charge in [0.25, 0.3) is 0 Å². The third-order valence-corrected chi connectivity index (χ3v) is 3.85. The first kappa shape index (κ1) is 16.2. The molecule has 0 radical (unpaired) electrons. The normalized spacial score (nSPS) is 22.5. The van der Waals surface area contributed by atoms with E-state index in [-0.39, 0.29) is 17.2 Å². The smallest absolute Gasteiger partial charge is 0.222 e. The summed E-state index contributed by atoms with van der Waals surface area (Å²) in [5, 5.41) is 0. The maximum Gasteiger partial charge on any atom is 0.222 e. The van der Waals surface area contributed by atoms with E-state index in [1.165, 1.54) is 0 Å². The highest BCUT2D eigenvalue weighted by molar-refractivity contribution is 5.85. The zero-order chi connectivity index (χ0) is 14.6. The van der Waals surface area contributed by atoms with Crippen LogP contribution in [0.1, 0.15) is 60.3 Å². The number of amides is 1. The van der Waals surface area contributed by atoms with E-state index >= 15 is 0 Å². The summed E-state index contributed by atoms with van der Waals surface area (Å²) >= 11 is 0. The molecule has 0 spiro atoms. The fraction of sp³-hybridized carbons (Fsp3) is 0.875. The van der Waals surface area contributed by atoms with Crippen LogP contribution in [0.4, 0.5) is 0 Å². The Kier molecular flexibility index (Phi) is 5.57.